The van der Waals surface area contributed by atoms with Crippen molar-refractivity contribution in [3.63, 3.8) is 0 Å². The molecule has 4 rings (SSSR count). The van der Waals surface area contributed by atoms with E-state index in [9.17, 15) is 10.1 Å². The number of pyridine rings is 1. The van der Waals surface area contributed by atoms with Crippen LogP contribution in [-0.2, 0) is 0 Å². The van der Waals surface area contributed by atoms with Gasteiger partial charge in [-0.15, -0.1) is 0 Å². The lowest BCUT2D eigenvalue weighted by atomic mass is 9.97. The molecule has 27 heavy (non-hydrogen) atoms. The van der Waals surface area contributed by atoms with Gasteiger partial charge in [-0.2, -0.15) is 9.66 Å². The number of aromatic amines is 1. The molecule has 134 valence electrons. The number of benzene rings is 1. The van der Waals surface area contributed by atoms with Gasteiger partial charge < -0.3 is 15.2 Å². The van der Waals surface area contributed by atoms with Crippen molar-refractivity contribution in [2.45, 2.75) is 0 Å². The Balaban J connectivity index is 2.20. The quantitative estimate of drug-likeness (QED) is 0.524. The monoisotopic (exact) mass is 380 g/mol. The topological polar surface area (TPSA) is 118 Å². The number of hydrogen-bond donors (Lipinski definition) is 2. The van der Waals surface area contributed by atoms with E-state index in [1.54, 1.807) is 28.8 Å². The highest BCUT2D eigenvalue weighted by Gasteiger charge is 2.25. The Hall–Kier alpha value is -3.64. The molecule has 0 bridgehead atoms. The predicted octanol–water partition coefficient (Wildman–Crippen LogP) is 1.86. The van der Waals surface area contributed by atoms with E-state index in [0.29, 0.717) is 33.2 Å². The molecule has 0 saturated heterocycles. The fourth-order valence-electron chi connectivity index (χ4n) is 3.07. The standard InChI is InChI=1S/C18H13N5O3S/c1-25-11-4-3-9(7-12(11)26-2)13-10(8-19)15(20)21-16-14(13)17(24)22-18-23(16)5-6-27-18/h3-7H,1-2H3,(H2,20,21,24)/p+1. The molecule has 3 N–H and O–H groups in total. The lowest BCUT2D eigenvalue weighted by Crippen LogP contribution is -2.28. The average molecular weight is 380 g/mol. The molecule has 0 aliphatic carbocycles. The second kappa shape index (κ2) is 6.26. The van der Waals surface area contributed by atoms with Crippen molar-refractivity contribution in [1.29, 1.82) is 5.26 Å². The molecule has 0 saturated carbocycles. The molecule has 0 fully saturated rings. The van der Waals surface area contributed by atoms with Crippen LogP contribution in [0.4, 0.5) is 5.82 Å². The van der Waals surface area contributed by atoms with E-state index in [-0.39, 0.29) is 22.3 Å². The number of nitriles is 1. The lowest BCUT2D eigenvalue weighted by Gasteiger charge is -2.11. The van der Waals surface area contributed by atoms with Gasteiger partial charge in [0.25, 0.3) is 10.6 Å². The number of nitrogens with one attached hydrogen (secondary N) is 1. The number of anilines is 1. The number of nitrogens with two attached hydrogens (primary N) is 1. The van der Waals surface area contributed by atoms with Crippen LogP contribution in [-0.4, -0.2) is 24.2 Å². The minimum Gasteiger partial charge on any atom is -0.493 e. The molecule has 8 nitrogen and oxygen atoms in total. The first-order valence-corrected chi connectivity index (χ1v) is 8.73. The second-order valence-corrected chi connectivity index (χ2v) is 6.55. The highest BCUT2D eigenvalue weighted by molar-refractivity contribution is 7.14. The largest absolute Gasteiger partial charge is 0.493 e. The summed E-state index contributed by atoms with van der Waals surface area (Å²) in [5.41, 5.74) is 7.24. The summed E-state index contributed by atoms with van der Waals surface area (Å²) in [6, 6.07) is 7.23. The number of nitrogen functional groups attached to an aromatic ring is 1. The van der Waals surface area contributed by atoms with Gasteiger partial charge in [0.1, 0.15) is 17.0 Å². The van der Waals surface area contributed by atoms with E-state index in [1.807, 2.05) is 5.38 Å². The van der Waals surface area contributed by atoms with Gasteiger partial charge >= 0.3 is 5.56 Å². The van der Waals surface area contributed by atoms with Crippen molar-refractivity contribution >= 4 is 33.1 Å². The summed E-state index contributed by atoms with van der Waals surface area (Å²) >= 11 is 1.37. The number of ether oxygens (including phenoxy) is 2. The van der Waals surface area contributed by atoms with E-state index < -0.39 is 0 Å². The van der Waals surface area contributed by atoms with Crippen LogP contribution in [0.1, 0.15) is 5.56 Å². The minimum absolute atomic E-state index is 0.0559. The van der Waals surface area contributed by atoms with Gasteiger partial charge in [-0.25, -0.2) is 4.98 Å². The molecule has 3 aromatic heterocycles. The Morgan fingerprint density at radius 1 is 1.30 bits per heavy atom. The summed E-state index contributed by atoms with van der Waals surface area (Å²) in [6.07, 6.45) is 1.79. The molecular formula is C18H14N5O3S+. The molecule has 0 aliphatic heterocycles. The van der Waals surface area contributed by atoms with Gasteiger partial charge in [0.15, 0.2) is 11.5 Å². The summed E-state index contributed by atoms with van der Waals surface area (Å²) in [7, 11) is 3.05. The number of rotatable bonds is 3. The molecule has 0 unspecified atom stereocenters. The van der Waals surface area contributed by atoms with Crippen molar-refractivity contribution in [2.24, 2.45) is 0 Å². The van der Waals surface area contributed by atoms with E-state index in [0.717, 1.165) is 0 Å². The van der Waals surface area contributed by atoms with Crippen molar-refractivity contribution < 1.29 is 13.9 Å². The Labute approximate surface area is 157 Å². The van der Waals surface area contributed by atoms with Crippen LogP contribution in [0.5, 0.6) is 11.5 Å². The summed E-state index contributed by atoms with van der Waals surface area (Å²) in [4.78, 5) is 20.6. The summed E-state index contributed by atoms with van der Waals surface area (Å²) in [5, 5.41) is 11.8. The van der Waals surface area contributed by atoms with E-state index in [2.05, 4.69) is 16.0 Å². The van der Waals surface area contributed by atoms with Gasteiger partial charge in [-0.05, 0) is 17.7 Å². The Morgan fingerprint density at radius 3 is 2.78 bits per heavy atom. The zero-order valence-electron chi connectivity index (χ0n) is 14.4. The third-order valence-corrected chi connectivity index (χ3v) is 5.05. The first kappa shape index (κ1) is 16.8. The highest BCUT2D eigenvalue weighted by Crippen LogP contribution is 2.36. The number of thiazole rings is 1. The molecule has 0 atom stereocenters. The fourth-order valence-corrected chi connectivity index (χ4v) is 3.79. The number of H-pyrrole nitrogens is 1. The molecule has 0 spiro atoms. The molecule has 0 amide bonds. The van der Waals surface area contributed by atoms with Crippen LogP contribution in [0.2, 0.25) is 0 Å². The average Bonchev–Trinajstić information content (AvgIpc) is 3.15. The smallest absolute Gasteiger partial charge is 0.319 e. The van der Waals surface area contributed by atoms with Crippen LogP contribution in [0, 0.1) is 11.3 Å². The first-order chi connectivity index (χ1) is 13.1. The maximum Gasteiger partial charge on any atom is 0.319 e. The van der Waals surface area contributed by atoms with Gasteiger partial charge in [-0.3, -0.25) is 4.79 Å². The van der Waals surface area contributed by atoms with Gasteiger partial charge in [0.05, 0.1) is 20.4 Å². The highest BCUT2D eigenvalue weighted by atomic mass is 32.1. The van der Waals surface area contributed by atoms with Crippen molar-refractivity contribution in [3.8, 4) is 28.7 Å². The van der Waals surface area contributed by atoms with E-state index >= 15 is 0 Å². The van der Waals surface area contributed by atoms with Crippen LogP contribution in [0.25, 0.3) is 27.1 Å². The van der Waals surface area contributed by atoms with Gasteiger partial charge in [-0.1, -0.05) is 22.4 Å². The van der Waals surface area contributed by atoms with Crippen LogP contribution in [0.15, 0.2) is 34.6 Å². The fraction of sp³-hybridized carbons (Fsp3) is 0.111. The second-order valence-electron chi connectivity index (χ2n) is 5.66. The van der Waals surface area contributed by atoms with Gasteiger partial charge in [0.2, 0.25) is 5.82 Å². The lowest BCUT2D eigenvalue weighted by molar-refractivity contribution is -0.482. The molecular weight excluding hydrogens is 366 g/mol. The number of fused-ring (bicyclic) bond motifs is 3. The number of aromatic nitrogens is 3. The van der Waals surface area contributed by atoms with Gasteiger partial charge in [0, 0.05) is 10.9 Å². The summed E-state index contributed by atoms with van der Waals surface area (Å²) in [6.45, 7) is 0. The third kappa shape index (κ3) is 2.46. The predicted molar refractivity (Wildman–Crippen MR) is 101 cm³/mol. The molecule has 0 radical (unpaired) electrons. The Kier molecular flexibility index (Phi) is 3.90. The molecule has 3 heterocycles. The van der Waals surface area contributed by atoms with Crippen LogP contribution >= 0.6 is 11.3 Å². The molecule has 4 aromatic rings. The molecule has 1 aromatic carbocycles. The Morgan fingerprint density at radius 2 is 2.07 bits per heavy atom. The summed E-state index contributed by atoms with van der Waals surface area (Å²) in [5.74, 6) is 1.07. The zero-order valence-corrected chi connectivity index (χ0v) is 15.3. The normalized spacial score (nSPS) is 10.9. The Bertz CT molecular complexity index is 1300. The number of methoxy groups -OCH3 is 2. The van der Waals surface area contributed by atoms with Crippen molar-refractivity contribution in [1.82, 2.24) is 9.97 Å². The third-order valence-electron chi connectivity index (χ3n) is 4.27. The maximum absolute atomic E-state index is 12.8. The molecule has 0 aliphatic rings. The molecule has 9 heteroatoms. The number of nitrogens with zero attached hydrogens (tertiary/aromatic N) is 3. The first-order valence-electron chi connectivity index (χ1n) is 7.85. The maximum atomic E-state index is 12.8. The van der Waals surface area contributed by atoms with Crippen LogP contribution < -0.4 is 25.2 Å². The SMILES string of the molecule is COc1ccc(-c2c(C#N)c(N)nc3c2c(=O)[nH]c2scc[n+]23)cc1OC. The number of hydrogen-bond acceptors (Lipinski definition) is 7. The zero-order chi connectivity index (χ0) is 19.1. The van der Waals surface area contributed by atoms with Crippen molar-refractivity contribution in [3.05, 3.63) is 45.7 Å². The van der Waals surface area contributed by atoms with E-state index in [1.165, 1.54) is 25.6 Å². The van der Waals surface area contributed by atoms with Crippen LogP contribution in [0.3, 0.4) is 0 Å². The van der Waals surface area contributed by atoms with E-state index in [4.69, 9.17) is 15.2 Å². The minimum atomic E-state index is -0.346. The summed E-state index contributed by atoms with van der Waals surface area (Å²) < 4.78 is 12.4. The van der Waals surface area contributed by atoms with Crippen molar-refractivity contribution in [2.75, 3.05) is 20.0 Å².